The summed E-state index contributed by atoms with van der Waals surface area (Å²) in [5.74, 6) is -0.424. The lowest BCUT2D eigenvalue weighted by Gasteiger charge is -2.32. The number of hydrogen-bond donors (Lipinski definition) is 2. The third kappa shape index (κ3) is 3.08. The van der Waals surface area contributed by atoms with Crippen molar-refractivity contribution in [2.45, 2.75) is 19.2 Å². The summed E-state index contributed by atoms with van der Waals surface area (Å²) >= 11 is 0. The van der Waals surface area contributed by atoms with Crippen LogP contribution in [-0.2, 0) is 32.2 Å². The van der Waals surface area contributed by atoms with Crippen molar-refractivity contribution in [1.82, 2.24) is 4.90 Å². The molecule has 5 rings (SSSR count). The molecule has 2 aromatic carbocycles. The Morgan fingerprint density at radius 2 is 2.07 bits per heavy atom. The van der Waals surface area contributed by atoms with E-state index >= 15 is 0 Å². The first kappa shape index (κ1) is 17.9. The maximum absolute atomic E-state index is 12.5. The van der Waals surface area contributed by atoms with E-state index < -0.39 is 12.0 Å². The van der Waals surface area contributed by atoms with Gasteiger partial charge >= 0.3 is 5.97 Å². The lowest BCUT2D eigenvalue weighted by Crippen LogP contribution is -2.49. The standard InChI is InChI=1S/C22H20N2O5/c25-21-19(16-3-1-2-4-17(16)23-21)20-15-6-5-13(9-14(15)11-29-20)10-24-7-8-28-12-18(24)22(26)27/h1-6,9,18H,7-8,10-12H2,(H,23,25)(H,26,27)/b20-19+. The molecule has 0 aromatic heterocycles. The third-order valence-corrected chi connectivity index (χ3v) is 5.60. The van der Waals surface area contributed by atoms with Crippen LogP contribution >= 0.6 is 0 Å². The number of carboxylic acids is 1. The number of amides is 1. The van der Waals surface area contributed by atoms with Crippen molar-refractivity contribution in [3.63, 3.8) is 0 Å². The van der Waals surface area contributed by atoms with E-state index in [2.05, 4.69) is 5.32 Å². The summed E-state index contributed by atoms with van der Waals surface area (Å²) in [7, 11) is 0. The van der Waals surface area contributed by atoms with Crippen molar-refractivity contribution < 1.29 is 24.2 Å². The number of carbonyl (C=O) groups excluding carboxylic acids is 1. The minimum absolute atomic E-state index is 0.157. The van der Waals surface area contributed by atoms with Crippen molar-refractivity contribution in [2.75, 3.05) is 25.1 Å². The Morgan fingerprint density at radius 3 is 2.93 bits per heavy atom. The first-order valence-corrected chi connectivity index (χ1v) is 9.56. The van der Waals surface area contributed by atoms with E-state index in [1.54, 1.807) is 0 Å². The van der Waals surface area contributed by atoms with Gasteiger partial charge in [-0.3, -0.25) is 14.5 Å². The molecule has 1 fully saturated rings. The van der Waals surface area contributed by atoms with Crippen LogP contribution < -0.4 is 5.32 Å². The average Bonchev–Trinajstić information content (AvgIpc) is 3.27. The van der Waals surface area contributed by atoms with E-state index in [4.69, 9.17) is 9.47 Å². The number of benzene rings is 2. The summed E-state index contributed by atoms with van der Waals surface area (Å²) in [6.45, 7) is 2.24. The fourth-order valence-corrected chi connectivity index (χ4v) is 4.15. The summed E-state index contributed by atoms with van der Waals surface area (Å²) < 4.78 is 11.2. The molecular weight excluding hydrogens is 372 g/mol. The summed E-state index contributed by atoms with van der Waals surface area (Å²) in [4.78, 5) is 25.9. The second kappa shape index (κ2) is 7.02. The van der Waals surface area contributed by atoms with Crippen molar-refractivity contribution in [2.24, 2.45) is 0 Å². The number of nitrogens with one attached hydrogen (secondary N) is 1. The number of ether oxygens (including phenoxy) is 2. The summed E-state index contributed by atoms with van der Waals surface area (Å²) in [5.41, 5.74) is 5.13. The van der Waals surface area contributed by atoms with Crippen molar-refractivity contribution >= 4 is 28.9 Å². The zero-order valence-electron chi connectivity index (χ0n) is 15.7. The van der Waals surface area contributed by atoms with Crippen LogP contribution in [0, 0.1) is 0 Å². The Hall–Kier alpha value is -3.16. The van der Waals surface area contributed by atoms with Gasteiger partial charge in [0.2, 0.25) is 0 Å². The van der Waals surface area contributed by atoms with E-state index in [1.807, 2.05) is 47.4 Å². The van der Waals surface area contributed by atoms with Crippen molar-refractivity contribution in [1.29, 1.82) is 0 Å². The third-order valence-electron chi connectivity index (χ3n) is 5.60. The molecule has 2 aromatic rings. The summed E-state index contributed by atoms with van der Waals surface area (Å²) in [6, 6.07) is 12.9. The van der Waals surface area contributed by atoms with E-state index in [1.165, 1.54) is 0 Å². The molecule has 1 atom stereocenters. The predicted octanol–water partition coefficient (Wildman–Crippen LogP) is 2.32. The van der Waals surface area contributed by atoms with Gasteiger partial charge < -0.3 is 19.9 Å². The van der Waals surface area contributed by atoms with Crippen LogP contribution in [-0.4, -0.2) is 47.7 Å². The minimum atomic E-state index is -0.868. The normalized spacial score (nSPS) is 23.3. The van der Waals surface area contributed by atoms with E-state index in [-0.39, 0.29) is 12.5 Å². The molecule has 7 heteroatoms. The minimum Gasteiger partial charge on any atom is -0.487 e. The number of hydrogen-bond acceptors (Lipinski definition) is 5. The van der Waals surface area contributed by atoms with Crippen LogP contribution in [0.2, 0.25) is 0 Å². The Labute approximate surface area is 167 Å². The lowest BCUT2D eigenvalue weighted by molar-refractivity contribution is -0.150. The monoisotopic (exact) mass is 392 g/mol. The molecule has 148 valence electrons. The van der Waals surface area contributed by atoms with Gasteiger partial charge in [-0.05, 0) is 11.6 Å². The predicted molar refractivity (Wildman–Crippen MR) is 106 cm³/mol. The van der Waals surface area contributed by atoms with Gasteiger partial charge in [0.15, 0.2) is 0 Å². The highest BCUT2D eigenvalue weighted by Gasteiger charge is 2.33. The highest BCUT2D eigenvalue weighted by atomic mass is 16.5. The first-order chi connectivity index (χ1) is 14.1. The molecule has 3 heterocycles. The number of aliphatic carboxylic acids is 1. The number of carbonyl (C=O) groups is 2. The van der Waals surface area contributed by atoms with Gasteiger partial charge in [-0.25, -0.2) is 0 Å². The highest BCUT2D eigenvalue weighted by molar-refractivity contribution is 6.36. The number of fused-ring (bicyclic) bond motifs is 2. The van der Waals surface area contributed by atoms with E-state index in [0.29, 0.717) is 37.6 Å². The Bertz CT molecular complexity index is 1050. The number of rotatable bonds is 3. The van der Waals surface area contributed by atoms with Crippen LogP contribution in [0.15, 0.2) is 42.5 Å². The second-order valence-corrected chi connectivity index (χ2v) is 7.38. The molecule has 0 spiro atoms. The SMILES string of the molecule is O=C1Nc2ccccc2/C1=C1\OCc2cc(CN3CCOCC3C(=O)O)ccc21. The van der Waals surface area contributed by atoms with Crippen molar-refractivity contribution in [3.8, 4) is 0 Å². The molecule has 1 unspecified atom stereocenters. The maximum Gasteiger partial charge on any atom is 0.323 e. The lowest BCUT2D eigenvalue weighted by atomic mass is 9.99. The highest BCUT2D eigenvalue weighted by Crippen LogP contribution is 2.41. The van der Waals surface area contributed by atoms with Crippen LogP contribution in [0.5, 0.6) is 0 Å². The van der Waals surface area contributed by atoms with Crippen LogP contribution in [0.3, 0.4) is 0 Å². The van der Waals surface area contributed by atoms with Crippen molar-refractivity contribution in [3.05, 3.63) is 64.7 Å². The van der Waals surface area contributed by atoms with Crippen LogP contribution in [0.4, 0.5) is 5.69 Å². The van der Waals surface area contributed by atoms with Gasteiger partial charge in [0.05, 0.1) is 18.8 Å². The zero-order valence-corrected chi connectivity index (χ0v) is 15.7. The molecule has 0 radical (unpaired) electrons. The molecule has 1 amide bonds. The van der Waals surface area contributed by atoms with Gasteiger partial charge in [0.1, 0.15) is 18.4 Å². The van der Waals surface area contributed by atoms with Gasteiger partial charge in [0.25, 0.3) is 5.91 Å². The second-order valence-electron chi connectivity index (χ2n) is 7.38. The van der Waals surface area contributed by atoms with Gasteiger partial charge in [-0.15, -0.1) is 0 Å². The number of para-hydroxylation sites is 1. The molecule has 3 aliphatic heterocycles. The summed E-state index contributed by atoms with van der Waals surface area (Å²) in [5, 5.41) is 12.3. The molecule has 0 aliphatic carbocycles. The Balaban J connectivity index is 1.45. The number of nitrogens with zero attached hydrogens (tertiary/aromatic N) is 1. The molecule has 0 saturated carbocycles. The zero-order chi connectivity index (χ0) is 20.0. The smallest absolute Gasteiger partial charge is 0.323 e. The average molecular weight is 392 g/mol. The number of anilines is 1. The van der Waals surface area contributed by atoms with Gasteiger partial charge in [-0.1, -0.05) is 36.4 Å². The quantitative estimate of drug-likeness (QED) is 0.780. The summed E-state index contributed by atoms with van der Waals surface area (Å²) in [6.07, 6.45) is 0. The maximum atomic E-state index is 12.5. The molecular formula is C22H20N2O5. The fraction of sp³-hybridized carbons (Fsp3) is 0.273. The Kier molecular flexibility index (Phi) is 4.34. The largest absolute Gasteiger partial charge is 0.487 e. The number of carboxylic acid groups (broad SMARTS) is 1. The molecule has 29 heavy (non-hydrogen) atoms. The molecule has 1 saturated heterocycles. The fourth-order valence-electron chi connectivity index (χ4n) is 4.15. The van der Waals surface area contributed by atoms with Crippen LogP contribution in [0.25, 0.3) is 11.3 Å². The Morgan fingerprint density at radius 1 is 1.21 bits per heavy atom. The van der Waals surface area contributed by atoms with Gasteiger partial charge in [0, 0.05) is 35.5 Å². The molecule has 3 aliphatic rings. The first-order valence-electron chi connectivity index (χ1n) is 9.56. The molecule has 2 N–H and O–H groups in total. The van der Waals surface area contributed by atoms with Crippen LogP contribution in [0.1, 0.15) is 22.3 Å². The molecule has 7 nitrogen and oxygen atoms in total. The topological polar surface area (TPSA) is 88.1 Å². The number of morpholine rings is 1. The molecule has 0 bridgehead atoms. The van der Waals surface area contributed by atoms with E-state index in [9.17, 15) is 14.7 Å². The van der Waals surface area contributed by atoms with E-state index in [0.717, 1.165) is 27.9 Å². The van der Waals surface area contributed by atoms with Gasteiger partial charge in [-0.2, -0.15) is 0 Å².